The number of alkyl halides is 10. The van der Waals surface area contributed by atoms with Crippen molar-refractivity contribution in [2.45, 2.75) is 90.3 Å². The van der Waals surface area contributed by atoms with E-state index in [4.69, 9.17) is 9.47 Å². The predicted octanol–water partition coefficient (Wildman–Crippen LogP) is 7.16. The van der Waals surface area contributed by atoms with Crippen molar-refractivity contribution in [1.29, 1.82) is 0 Å². The highest BCUT2D eigenvalue weighted by Crippen LogP contribution is 2.35. The van der Waals surface area contributed by atoms with Gasteiger partial charge in [-0.15, -0.1) is 26.3 Å². The Labute approximate surface area is 384 Å². The Hall–Kier alpha value is -5.92. The van der Waals surface area contributed by atoms with E-state index in [-0.39, 0.29) is 37.1 Å². The lowest BCUT2D eigenvalue weighted by Gasteiger charge is -2.38. The highest BCUT2D eigenvalue weighted by atomic mass is 19.4. The van der Waals surface area contributed by atoms with Gasteiger partial charge >= 0.3 is 25.8 Å². The van der Waals surface area contributed by atoms with Crippen molar-refractivity contribution in [2.24, 2.45) is 10.8 Å². The Morgan fingerprint density at radius 3 is 1.35 bits per heavy atom. The maximum absolute atomic E-state index is 13.1. The minimum atomic E-state index is -4.92. The molecule has 0 aliphatic carbocycles. The molecule has 4 aromatic heterocycles. The Bertz CT molecular complexity index is 2120. The molecule has 2 saturated heterocycles. The molecule has 0 unspecified atom stereocenters. The van der Waals surface area contributed by atoms with Crippen molar-refractivity contribution >= 4 is 11.8 Å². The van der Waals surface area contributed by atoms with Crippen LogP contribution in [0.4, 0.5) is 43.9 Å². The van der Waals surface area contributed by atoms with E-state index in [1.165, 1.54) is 49.3 Å². The van der Waals surface area contributed by atoms with Crippen molar-refractivity contribution in [2.75, 3.05) is 53.5 Å². The maximum atomic E-state index is 13.1. The van der Waals surface area contributed by atoms with Crippen LogP contribution in [0.15, 0.2) is 61.4 Å². The summed E-state index contributed by atoms with van der Waals surface area (Å²) in [4.78, 5) is 37.7. The topological polar surface area (TPSA) is 163 Å². The molecule has 6 rings (SSSR count). The van der Waals surface area contributed by atoms with Crippen LogP contribution in [0.25, 0.3) is 0 Å². The van der Waals surface area contributed by atoms with Gasteiger partial charge in [0, 0.05) is 61.8 Å². The summed E-state index contributed by atoms with van der Waals surface area (Å²) in [5.74, 6) is -3.35. The van der Waals surface area contributed by atoms with E-state index in [1.807, 2.05) is 23.9 Å². The van der Waals surface area contributed by atoms with E-state index in [0.29, 0.717) is 59.5 Å². The van der Waals surface area contributed by atoms with Gasteiger partial charge in [0.25, 0.3) is 11.8 Å². The molecule has 2 aliphatic rings. The number of nitrogens with zero attached hydrogens (tertiary/aromatic N) is 8. The summed E-state index contributed by atoms with van der Waals surface area (Å²) < 4.78 is 147. The van der Waals surface area contributed by atoms with Gasteiger partial charge in [0.1, 0.15) is 13.2 Å². The fraction of sp³-hybridized carbons (Fsp3) is 0.571. The second kappa shape index (κ2) is 22.0. The van der Waals surface area contributed by atoms with Crippen molar-refractivity contribution in [1.82, 2.24) is 50.0 Å². The van der Waals surface area contributed by atoms with E-state index < -0.39 is 71.7 Å². The van der Waals surface area contributed by atoms with Gasteiger partial charge in [-0.3, -0.25) is 9.59 Å². The number of aromatic nitrogens is 6. The molecule has 4 atom stereocenters. The number of carbonyl (C=O) groups is 2. The van der Waals surface area contributed by atoms with E-state index in [9.17, 15) is 53.5 Å². The number of likely N-dealkylation sites (tertiary alicyclic amines) is 2. The van der Waals surface area contributed by atoms with Gasteiger partial charge in [0.2, 0.25) is 11.8 Å². The van der Waals surface area contributed by atoms with E-state index in [2.05, 4.69) is 40.3 Å². The van der Waals surface area contributed by atoms with Crippen molar-refractivity contribution in [3.63, 3.8) is 0 Å². The number of hydrogen-bond acceptors (Lipinski definition) is 12. The average Bonchev–Trinajstić information content (AvgIpc) is 3.96. The van der Waals surface area contributed by atoms with Crippen LogP contribution in [0.2, 0.25) is 0 Å². The molecule has 0 aromatic carbocycles. The Morgan fingerprint density at radius 1 is 0.662 bits per heavy atom. The second-order valence-electron chi connectivity index (χ2n) is 17.6. The first-order valence-electron chi connectivity index (χ1n) is 21.0. The van der Waals surface area contributed by atoms with Gasteiger partial charge in [-0.1, -0.05) is 0 Å². The number of piperidine rings is 2. The number of pyridine rings is 2. The highest BCUT2D eigenvalue weighted by Gasteiger charge is 2.39. The molecule has 26 heteroatoms. The molecule has 4 aromatic rings. The third-order valence-corrected chi connectivity index (χ3v) is 11.1. The first kappa shape index (κ1) is 53.0. The molecule has 2 N–H and O–H groups in total. The van der Waals surface area contributed by atoms with E-state index >= 15 is 0 Å². The number of amides is 2. The molecule has 2 aliphatic heterocycles. The monoisotopic (exact) mass is 982 g/mol. The third-order valence-electron chi connectivity index (χ3n) is 11.1. The molecule has 0 saturated carbocycles. The lowest BCUT2D eigenvalue weighted by atomic mass is 9.86. The average molecular weight is 983 g/mol. The summed E-state index contributed by atoms with van der Waals surface area (Å²) >= 11 is 0. The molecule has 0 bridgehead atoms. The number of nitrogens with one attached hydrogen (secondary N) is 2. The normalized spacial score (nSPS) is 19.8. The van der Waals surface area contributed by atoms with Gasteiger partial charge in [0.15, 0.2) is 11.5 Å². The van der Waals surface area contributed by atoms with Crippen molar-refractivity contribution in [3.8, 4) is 23.3 Å². The highest BCUT2D eigenvalue weighted by molar-refractivity contribution is 5.83. The molecule has 6 heterocycles. The summed E-state index contributed by atoms with van der Waals surface area (Å²) in [6.45, 7) is 2.67. The van der Waals surface area contributed by atoms with Crippen LogP contribution >= 0.6 is 0 Å². The fourth-order valence-corrected chi connectivity index (χ4v) is 7.28. The minimum Gasteiger partial charge on any atom is -0.474 e. The molecule has 2 fully saturated rings. The number of hydrogen-bond donors (Lipinski definition) is 2. The molecule has 68 heavy (non-hydrogen) atoms. The fourth-order valence-electron chi connectivity index (χ4n) is 7.28. The first-order valence-corrected chi connectivity index (χ1v) is 21.0. The lowest BCUT2D eigenvalue weighted by Crippen LogP contribution is -2.52. The lowest BCUT2D eigenvalue weighted by molar-refractivity contribution is -0.276. The summed E-state index contributed by atoms with van der Waals surface area (Å²) in [5, 5.41) is 13.3. The summed E-state index contributed by atoms with van der Waals surface area (Å²) in [7, 11) is 3.79. The zero-order valence-corrected chi connectivity index (χ0v) is 37.7. The molecular formula is C42H52F10N10O6. The molecule has 0 spiro atoms. The first-order chi connectivity index (χ1) is 31.7. The summed E-state index contributed by atoms with van der Waals surface area (Å²) in [6, 6.07) is 3.95. The van der Waals surface area contributed by atoms with Crippen molar-refractivity contribution < 1.29 is 72.4 Å². The Balaban J connectivity index is 0.000000254. The molecule has 2 amide bonds. The zero-order chi connectivity index (χ0) is 50.2. The SMILES string of the molecule is CN1CC[C@@H](NC(=O)C(C)(C)COc2ncccc2OC(F)(F)F)[C@H](c2cnn(C(F)F)c2)C1.CN1CC[C@H](NC(=O)C(C)(C)COc2ncccc2OC(F)(F)F)[C@@H](c2cnn(C(F)F)c2)C1. The van der Waals surface area contributed by atoms with Crippen LogP contribution in [-0.4, -0.2) is 129 Å². The minimum absolute atomic E-state index is 0.269. The number of ether oxygens (including phenoxy) is 4. The molecule has 376 valence electrons. The van der Waals surface area contributed by atoms with Crippen LogP contribution in [0.1, 0.15) is 76.6 Å². The van der Waals surface area contributed by atoms with Crippen LogP contribution < -0.4 is 29.6 Å². The smallest absolute Gasteiger partial charge is 0.474 e. The largest absolute Gasteiger partial charge is 0.573 e. The maximum Gasteiger partial charge on any atom is 0.573 e. The Morgan fingerprint density at radius 2 is 1.03 bits per heavy atom. The van der Waals surface area contributed by atoms with Gasteiger partial charge in [0.05, 0.1) is 23.2 Å². The van der Waals surface area contributed by atoms with Gasteiger partial charge in [-0.25, -0.2) is 19.3 Å². The summed E-state index contributed by atoms with van der Waals surface area (Å²) in [5.41, 5.74) is -1.13. The number of carbonyl (C=O) groups excluding carboxylic acids is 2. The molecule has 16 nitrogen and oxygen atoms in total. The predicted molar refractivity (Wildman–Crippen MR) is 221 cm³/mol. The summed E-state index contributed by atoms with van der Waals surface area (Å²) in [6.07, 6.45) is -0.927. The quantitative estimate of drug-likeness (QED) is 0.109. The number of likely N-dealkylation sites (N-methyl/N-ethyl adjacent to an activating group) is 2. The van der Waals surface area contributed by atoms with E-state index in [1.54, 1.807) is 27.7 Å². The standard InChI is InChI=1S/2C21H26F5N5O3/c2*1-20(2,12-33-17-16(5-4-7-27-17)34-21(24,25)26)18(32)29-15-6-8-30(3)11-14(15)13-9-28-31(10-13)19(22)23/h2*4-5,7,9-10,14-15,19H,6,8,11-12H2,1-3H3,(H,29,32)/t2*14-,15+/m10/s1. The van der Waals surface area contributed by atoms with Crippen LogP contribution in [0.3, 0.4) is 0 Å². The zero-order valence-electron chi connectivity index (χ0n) is 37.7. The van der Waals surface area contributed by atoms with Crippen molar-refractivity contribution in [3.05, 3.63) is 72.6 Å². The van der Waals surface area contributed by atoms with Crippen LogP contribution in [0, 0.1) is 10.8 Å². The van der Waals surface area contributed by atoms with Crippen LogP contribution in [-0.2, 0) is 9.59 Å². The van der Waals surface area contributed by atoms with Gasteiger partial charge in [-0.2, -0.15) is 27.8 Å². The third kappa shape index (κ3) is 15.0. The van der Waals surface area contributed by atoms with E-state index in [0.717, 1.165) is 12.1 Å². The van der Waals surface area contributed by atoms with Gasteiger partial charge < -0.3 is 39.4 Å². The second-order valence-corrected chi connectivity index (χ2v) is 17.6. The number of rotatable bonds is 16. The Kier molecular flexibility index (Phi) is 17.2. The molecule has 0 radical (unpaired) electrons. The molecular weight excluding hydrogens is 931 g/mol. The number of halogens is 10. The van der Waals surface area contributed by atoms with Crippen LogP contribution in [0.5, 0.6) is 23.3 Å². The van der Waals surface area contributed by atoms with Gasteiger partial charge in [-0.05, 0) is 103 Å².